The van der Waals surface area contributed by atoms with E-state index in [1.807, 2.05) is 0 Å². The van der Waals surface area contributed by atoms with Crippen molar-refractivity contribution in [2.45, 2.75) is 51.6 Å². The third-order valence-corrected chi connectivity index (χ3v) is 4.65. The first kappa shape index (κ1) is 14.3. The Morgan fingerprint density at radius 2 is 2.06 bits per heavy atom. The van der Waals surface area contributed by atoms with Crippen LogP contribution in [0.5, 0.6) is 0 Å². The SMILES string of the molecule is COCCCN1CC2CCCCN2CC1C(C)C. The molecule has 0 amide bonds. The van der Waals surface area contributed by atoms with Gasteiger partial charge in [-0.1, -0.05) is 20.3 Å². The van der Waals surface area contributed by atoms with Gasteiger partial charge in [0.1, 0.15) is 0 Å². The second kappa shape index (κ2) is 6.88. The van der Waals surface area contributed by atoms with E-state index < -0.39 is 0 Å². The van der Waals surface area contributed by atoms with E-state index >= 15 is 0 Å². The van der Waals surface area contributed by atoms with E-state index in [1.165, 1.54) is 51.9 Å². The minimum atomic E-state index is 0.746. The van der Waals surface area contributed by atoms with Gasteiger partial charge in [0.25, 0.3) is 0 Å². The van der Waals surface area contributed by atoms with E-state index in [2.05, 4.69) is 23.6 Å². The smallest absolute Gasteiger partial charge is 0.0474 e. The van der Waals surface area contributed by atoms with Crippen molar-refractivity contribution in [3.05, 3.63) is 0 Å². The molecule has 2 saturated heterocycles. The van der Waals surface area contributed by atoms with Crippen LogP contribution in [0.4, 0.5) is 0 Å². The summed E-state index contributed by atoms with van der Waals surface area (Å²) in [7, 11) is 1.80. The standard InChI is InChI=1S/C15H30N2O/c1-13(2)15-12-16-8-5-4-7-14(16)11-17(15)9-6-10-18-3/h13-15H,4-12H2,1-3H3. The molecule has 2 heterocycles. The van der Waals surface area contributed by atoms with Gasteiger partial charge in [0.2, 0.25) is 0 Å². The van der Waals surface area contributed by atoms with Crippen molar-refractivity contribution < 1.29 is 4.74 Å². The van der Waals surface area contributed by atoms with E-state index in [-0.39, 0.29) is 0 Å². The maximum absolute atomic E-state index is 5.20. The molecule has 2 unspecified atom stereocenters. The normalized spacial score (nSPS) is 30.7. The molecule has 2 fully saturated rings. The Morgan fingerprint density at radius 1 is 1.22 bits per heavy atom. The Hall–Kier alpha value is -0.120. The van der Waals surface area contributed by atoms with Crippen LogP contribution in [-0.4, -0.2) is 61.8 Å². The second-order valence-electron chi connectivity index (χ2n) is 6.30. The molecule has 0 bridgehead atoms. The number of hydrogen-bond donors (Lipinski definition) is 0. The molecule has 0 saturated carbocycles. The maximum Gasteiger partial charge on any atom is 0.0474 e. The van der Waals surface area contributed by atoms with Crippen LogP contribution in [-0.2, 0) is 4.74 Å². The van der Waals surface area contributed by atoms with Gasteiger partial charge in [0.15, 0.2) is 0 Å². The van der Waals surface area contributed by atoms with E-state index in [4.69, 9.17) is 4.74 Å². The summed E-state index contributed by atoms with van der Waals surface area (Å²) in [5.41, 5.74) is 0. The molecule has 3 heteroatoms. The lowest BCUT2D eigenvalue weighted by Gasteiger charge is -2.50. The number of methoxy groups -OCH3 is 1. The summed E-state index contributed by atoms with van der Waals surface area (Å²) in [4.78, 5) is 5.48. The van der Waals surface area contributed by atoms with Crippen molar-refractivity contribution in [1.29, 1.82) is 0 Å². The number of nitrogens with zero attached hydrogens (tertiary/aromatic N) is 2. The minimum Gasteiger partial charge on any atom is -0.385 e. The van der Waals surface area contributed by atoms with Gasteiger partial charge < -0.3 is 4.74 Å². The predicted octanol–water partition coefficient (Wildman–Crippen LogP) is 2.22. The molecule has 3 nitrogen and oxygen atoms in total. The van der Waals surface area contributed by atoms with Crippen LogP contribution in [0.15, 0.2) is 0 Å². The summed E-state index contributed by atoms with van der Waals surface area (Å²) in [6.07, 6.45) is 5.42. The molecular formula is C15H30N2O. The number of fused-ring (bicyclic) bond motifs is 1. The number of piperidine rings is 1. The number of ether oxygens (including phenoxy) is 1. The molecular weight excluding hydrogens is 224 g/mol. The van der Waals surface area contributed by atoms with E-state index in [0.29, 0.717) is 0 Å². The summed E-state index contributed by atoms with van der Waals surface area (Å²) in [5, 5.41) is 0. The molecule has 106 valence electrons. The first-order chi connectivity index (χ1) is 8.72. The Morgan fingerprint density at radius 3 is 2.78 bits per heavy atom. The first-order valence-corrected chi connectivity index (χ1v) is 7.69. The van der Waals surface area contributed by atoms with Crippen LogP contribution >= 0.6 is 0 Å². The Bertz CT molecular complexity index is 245. The molecule has 2 aliphatic heterocycles. The van der Waals surface area contributed by atoms with E-state index in [1.54, 1.807) is 7.11 Å². The van der Waals surface area contributed by atoms with Gasteiger partial charge in [0.05, 0.1) is 0 Å². The first-order valence-electron chi connectivity index (χ1n) is 7.69. The van der Waals surface area contributed by atoms with Crippen molar-refractivity contribution in [2.75, 3.05) is 39.9 Å². The second-order valence-corrected chi connectivity index (χ2v) is 6.30. The molecule has 0 aromatic carbocycles. The molecule has 2 rings (SSSR count). The van der Waals surface area contributed by atoms with Gasteiger partial charge in [-0.15, -0.1) is 0 Å². The number of hydrogen-bond acceptors (Lipinski definition) is 3. The fraction of sp³-hybridized carbons (Fsp3) is 1.00. The molecule has 2 aliphatic rings. The third kappa shape index (κ3) is 3.46. The average Bonchev–Trinajstić information content (AvgIpc) is 2.38. The van der Waals surface area contributed by atoms with Crippen LogP contribution in [0.1, 0.15) is 39.5 Å². The molecule has 2 atom stereocenters. The highest BCUT2D eigenvalue weighted by Crippen LogP contribution is 2.27. The Labute approximate surface area is 112 Å². The molecule has 0 aliphatic carbocycles. The summed E-state index contributed by atoms with van der Waals surface area (Å²) in [5.74, 6) is 0.760. The number of rotatable bonds is 5. The third-order valence-electron chi connectivity index (χ3n) is 4.65. The quantitative estimate of drug-likeness (QED) is 0.700. The zero-order chi connectivity index (χ0) is 13.0. The minimum absolute atomic E-state index is 0.746. The summed E-state index contributed by atoms with van der Waals surface area (Å²) in [6, 6.07) is 1.58. The van der Waals surface area contributed by atoms with Crippen molar-refractivity contribution in [2.24, 2.45) is 5.92 Å². The highest BCUT2D eigenvalue weighted by Gasteiger charge is 2.35. The van der Waals surface area contributed by atoms with Crippen molar-refractivity contribution in [1.82, 2.24) is 9.80 Å². The zero-order valence-corrected chi connectivity index (χ0v) is 12.4. The maximum atomic E-state index is 5.20. The van der Waals surface area contributed by atoms with Gasteiger partial charge in [-0.25, -0.2) is 0 Å². The lowest BCUT2D eigenvalue weighted by Crippen LogP contribution is -2.61. The van der Waals surface area contributed by atoms with Crippen LogP contribution in [0.25, 0.3) is 0 Å². The van der Waals surface area contributed by atoms with Crippen LogP contribution < -0.4 is 0 Å². The highest BCUT2D eigenvalue weighted by atomic mass is 16.5. The van der Waals surface area contributed by atoms with E-state index in [9.17, 15) is 0 Å². The van der Waals surface area contributed by atoms with Crippen LogP contribution in [0, 0.1) is 5.92 Å². The lowest BCUT2D eigenvalue weighted by atomic mass is 9.92. The van der Waals surface area contributed by atoms with Gasteiger partial charge >= 0.3 is 0 Å². The fourth-order valence-corrected chi connectivity index (χ4v) is 3.57. The summed E-state index contributed by atoms with van der Waals surface area (Å²) < 4.78 is 5.20. The zero-order valence-electron chi connectivity index (χ0n) is 12.4. The van der Waals surface area contributed by atoms with Crippen molar-refractivity contribution in [3.8, 4) is 0 Å². The fourth-order valence-electron chi connectivity index (χ4n) is 3.57. The van der Waals surface area contributed by atoms with Crippen molar-refractivity contribution >= 4 is 0 Å². The Balaban J connectivity index is 1.92. The summed E-state index contributed by atoms with van der Waals surface area (Å²) in [6.45, 7) is 10.8. The largest absolute Gasteiger partial charge is 0.385 e. The molecule has 0 aromatic rings. The topological polar surface area (TPSA) is 15.7 Å². The van der Waals surface area contributed by atoms with Crippen LogP contribution in [0.2, 0.25) is 0 Å². The van der Waals surface area contributed by atoms with Gasteiger partial charge in [-0.2, -0.15) is 0 Å². The Kier molecular flexibility index (Phi) is 5.46. The number of piperazine rings is 1. The molecule has 0 spiro atoms. The molecule has 0 aromatic heterocycles. The summed E-state index contributed by atoms with van der Waals surface area (Å²) >= 11 is 0. The lowest BCUT2D eigenvalue weighted by molar-refractivity contribution is -0.0104. The molecule has 0 radical (unpaired) electrons. The average molecular weight is 254 g/mol. The molecule has 0 N–H and O–H groups in total. The monoisotopic (exact) mass is 254 g/mol. The van der Waals surface area contributed by atoms with Gasteiger partial charge in [0, 0.05) is 45.4 Å². The van der Waals surface area contributed by atoms with Crippen LogP contribution in [0.3, 0.4) is 0 Å². The highest BCUT2D eigenvalue weighted by molar-refractivity contribution is 4.91. The van der Waals surface area contributed by atoms with Gasteiger partial charge in [-0.3, -0.25) is 9.80 Å². The van der Waals surface area contributed by atoms with Crippen molar-refractivity contribution in [3.63, 3.8) is 0 Å². The van der Waals surface area contributed by atoms with E-state index in [0.717, 1.165) is 24.6 Å². The molecule has 18 heavy (non-hydrogen) atoms. The predicted molar refractivity (Wildman–Crippen MR) is 75.9 cm³/mol. The van der Waals surface area contributed by atoms with Gasteiger partial charge in [-0.05, 0) is 31.7 Å².